The number of ketones is 1. The average Bonchev–Trinajstić information content (AvgIpc) is 2.97. The summed E-state index contributed by atoms with van der Waals surface area (Å²) in [4.78, 5) is 33.9. The van der Waals surface area contributed by atoms with E-state index in [1.54, 1.807) is 10.9 Å². The van der Waals surface area contributed by atoms with Crippen LogP contribution in [-0.2, 0) is 21.0 Å². The van der Waals surface area contributed by atoms with Crippen LogP contribution in [0.25, 0.3) is 10.4 Å². The SMILES string of the molecule is C=CCONC1CN([B]C=O)C(C(C)=O)c2c(CN=[N+]=[N-])csc21. The molecule has 0 saturated carbocycles. The zero-order valence-corrected chi connectivity index (χ0v) is 14.0. The number of hydroxylamine groups is 1. The molecule has 1 radical (unpaired) electrons. The molecular formula is C14H17BN5O3S. The second-order valence-corrected chi connectivity index (χ2v) is 6.10. The van der Waals surface area contributed by atoms with E-state index in [1.165, 1.54) is 25.7 Å². The first-order valence-electron chi connectivity index (χ1n) is 7.28. The normalized spacial score (nSPS) is 19.9. The lowest BCUT2D eigenvalue weighted by molar-refractivity contribution is -0.121. The highest BCUT2D eigenvalue weighted by Gasteiger charge is 2.38. The summed E-state index contributed by atoms with van der Waals surface area (Å²) in [5.41, 5.74) is 13.1. The van der Waals surface area contributed by atoms with Gasteiger partial charge in [-0.1, -0.05) is 11.2 Å². The van der Waals surface area contributed by atoms with Crippen molar-refractivity contribution in [2.75, 3.05) is 13.2 Å². The topological polar surface area (TPSA) is 107 Å². The Balaban J connectivity index is 2.42. The van der Waals surface area contributed by atoms with Crippen molar-refractivity contribution in [1.82, 2.24) is 10.3 Å². The number of nitrogens with one attached hydrogen (secondary N) is 1. The summed E-state index contributed by atoms with van der Waals surface area (Å²) in [5.74, 6) is -0.0830. The molecule has 0 aliphatic carbocycles. The third kappa shape index (κ3) is 3.92. The van der Waals surface area contributed by atoms with Gasteiger partial charge in [-0.05, 0) is 29.0 Å². The quantitative estimate of drug-likeness (QED) is 0.108. The highest BCUT2D eigenvalue weighted by molar-refractivity contribution is 7.10. The molecule has 2 unspecified atom stereocenters. The van der Waals surface area contributed by atoms with Crippen LogP contribution in [0.4, 0.5) is 0 Å². The molecule has 0 aromatic carbocycles. The van der Waals surface area contributed by atoms with Gasteiger partial charge in [0.15, 0.2) is 0 Å². The number of Topliss-reactive ketones (excluding diaryl/α,β-unsaturated/α-hetero) is 1. The van der Waals surface area contributed by atoms with Crippen LogP contribution in [0.1, 0.15) is 35.0 Å². The summed E-state index contributed by atoms with van der Waals surface area (Å²) < 4.78 is 0. The maximum atomic E-state index is 12.2. The minimum Gasteiger partial charge on any atom is -0.325 e. The van der Waals surface area contributed by atoms with Crippen LogP contribution in [0, 0.1) is 0 Å². The third-order valence-electron chi connectivity index (χ3n) is 3.62. The van der Waals surface area contributed by atoms with Crippen molar-refractivity contribution in [2.45, 2.75) is 25.6 Å². The molecule has 2 rings (SSSR count). The lowest BCUT2D eigenvalue weighted by Gasteiger charge is -2.38. The number of rotatable bonds is 9. The van der Waals surface area contributed by atoms with E-state index in [2.05, 4.69) is 22.1 Å². The van der Waals surface area contributed by atoms with Gasteiger partial charge in [-0.25, -0.2) is 0 Å². The van der Waals surface area contributed by atoms with Gasteiger partial charge in [0.05, 0.1) is 31.4 Å². The number of fused-ring (bicyclic) bond motifs is 1. The van der Waals surface area contributed by atoms with Crippen LogP contribution in [0.5, 0.6) is 0 Å². The van der Waals surface area contributed by atoms with Crippen LogP contribution in [-0.4, -0.2) is 37.3 Å². The molecule has 2 atom stereocenters. The summed E-state index contributed by atoms with van der Waals surface area (Å²) in [6.45, 7) is 5.97. The van der Waals surface area contributed by atoms with E-state index in [1.807, 2.05) is 5.38 Å². The van der Waals surface area contributed by atoms with Gasteiger partial charge in [0.1, 0.15) is 5.78 Å². The van der Waals surface area contributed by atoms with Gasteiger partial charge >= 0.3 is 0 Å². The third-order valence-corrected chi connectivity index (χ3v) is 4.78. The van der Waals surface area contributed by atoms with E-state index >= 15 is 0 Å². The largest absolute Gasteiger partial charge is 0.325 e. The molecule has 1 N–H and O–H groups in total. The number of azide groups is 1. The molecule has 0 fully saturated rings. The summed E-state index contributed by atoms with van der Waals surface area (Å²) in [7, 11) is 1.35. The molecular weight excluding hydrogens is 329 g/mol. The van der Waals surface area contributed by atoms with Crippen molar-refractivity contribution in [3.8, 4) is 0 Å². The van der Waals surface area contributed by atoms with Gasteiger partial charge in [0.25, 0.3) is 7.41 Å². The van der Waals surface area contributed by atoms with Crippen LogP contribution < -0.4 is 5.48 Å². The van der Waals surface area contributed by atoms with Gasteiger partial charge < -0.3 is 9.61 Å². The Labute approximate surface area is 144 Å². The summed E-state index contributed by atoms with van der Waals surface area (Å²) >= 11 is 1.48. The molecule has 10 heteroatoms. The Morgan fingerprint density at radius 2 is 2.54 bits per heavy atom. The highest BCUT2D eigenvalue weighted by Crippen LogP contribution is 2.41. The lowest BCUT2D eigenvalue weighted by Crippen LogP contribution is -2.46. The van der Waals surface area contributed by atoms with E-state index in [4.69, 9.17) is 10.4 Å². The van der Waals surface area contributed by atoms with Crippen LogP contribution >= 0.6 is 11.3 Å². The van der Waals surface area contributed by atoms with Crippen molar-refractivity contribution in [3.63, 3.8) is 0 Å². The van der Waals surface area contributed by atoms with E-state index < -0.39 is 6.04 Å². The lowest BCUT2D eigenvalue weighted by atomic mass is 9.82. The molecule has 1 aromatic rings. The molecule has 0 bridgehead atoms. The molecule has 2 heterocycles. The predicted octanol–water partition coefficient (Wildman–Crippen LogP) is 2.06. The Morgan fingerprint density at radius 3 is 3.17 bits per heavy atom. The zero-order valence-electron chi connectivity index (χ0n) is 13.2. The minimum atomic E-state index is -0.571. The molecule has 24 heavy (non-hydrogen) atoms. The molecule has 0 saturated heterocycles. The van der Waals surface area contributed by atoms with Crippen molar-refractivity contribution in [2.24, 2.45) is 5.11 Å². The number of nitrogens with zero attached hydrogens (tertiary/aromatic N) is 4. The molecule has 8 nitrogen and oxygen atoms in total. The van der Waals surface area contributed by atoms with Crippen molar-refractivity contribution < 1.29 is 14.4 Å². The second-order valence-electron chi connectivity index (χ2n) is 5.19. The van der Waals surface area contributed by atoms with Crippen LogP contribution in [0.3, 0.4) is 0 Å². The smallest absolute Gasteiger partial charge is 0.294 e. The Hall–Kier alpha value is -1.97. The molecule has 1 aliphatic rings. The first kappa shape index (κ1) is 18.4. The number of carbonyl (C=O) groups is 2. The first-order chi connectivity index (χ1) is 11.6. The highest BCUT2D eigenvalue weighted by atomic mass is 32.1. The number of hydrogen-bond donors (Lipinski definition) is 1. The number of thiophene rings is 1. The van der Waals surface area contributed by atoms with Gasteiger partial charge in [-0.3, -0.25) is 9.63 Å². The Kier molecular flexibility index (Phi) is 6.71. The number of hydrogen-bond acceptors (Lipinski definition) is 7. The average molecular weight is 346 g/mol. The van der Waals surface area contributed by atoms with Gasteiger partial charge in [0.2, 0.25) is 0 Å². The van der Waals surface area contributed by atoms with E-state index in [-0.39, 0.29) is 18.4 Å². The van der Waals surface area contributed by atoms with Crippen molar-refractivity contribution in [3.05, 3.63) is 44.5 Å². The maximum Gasteiger partial charge on any atom is 0.294 e. The zero-order chi connectivity index (χ0) is 17.5. The Bertz CT molecular complexity index is 673. The fourth-order valence-corrected chi connectivity index (χ4v) is 3.88. The van der Waals surface area contributed by atoms with Crippen LogP contribution in [0.15, 0.2) is 23.1 Å². The summed E-state index contributed by atoms with van der Waals surface area (Å²) in [6, 6.07) is -0.783. The first-order valence-corrected chi connectivity index (χ1v) is 8.16. The number of carbonyl (C=O) groups excluding carboxylic acids is 2. The minimum absolute atomic E-state index is 0.0830. The molecule has 0 amide bonds. The maximum absolute atomic E-state index is 12.2. The fourth-order valence-electron chi connectivity index (χ4n) is 2.76. The molecule has 125 valence electrons. The second kappa shape index (κ2) is 8.77. The van der Waals surface area contributed by atoms with E-state index in [0.717, 1.165) is 16.0 Å². The molecule has 0 spiro atoms. The van der Waals surface area contributed by atoms with Crippen molar-refractivity contribution >= 4 is 30.7 Å². The van der Waals surface area contributed by atoms with Gasteiger partial charge in [0, 0.05) is 16.3 Å². The predicted molar refractivity (Wildman–Crippen MR) is 91.8 cm³/mol. The van der Waals surface area contributed by atoms with Crippen molar-refractivity contribution in [1.29, 1.82) is 0 Å². The fraction of sp³-hybridized carbons (Fsp3) is 0.429. The van der Waals surface area contributed by atoms with Gasteiger partial charge in [-0.2, -0.15) is 5.48 Å². The Morgan fingerprint density at radius 1 is 1.75 bits per heavy atom. The monoisotopic (exact) mass is 346 g/mol. The van der Waals surface area contributed by atoms with E-state index in [0.29, 0.717) is 19.3 Å². The summed E-state index contributed by atoms with van der Waals surface area (Å²) in [5, 5.41) is 5.48. The summed E-state index contributed by atoms with van der Waals surface area (Å²) in [6.07, 6.45) is 2.27. The van der Waals surface area contributed by atoms with Gasteiger partial charge in [-0.15, -0.1) is 17.9 Å². The molecule has 1 aliphatic heterocycles. The van der Waals surface area contributed by atoms with Crippen LogP contribution in [0.2, 0.25) is 0 Å². The van der Waals surface area contributed by atoms with E-state index in [9.17, 15) is 9.59 Å². The molecule has 1 aromatic heterocycles. The standard InChI is InChI=1S/C14H17BN5O3S/c1-3-4-23-18-11-6-20(15-8-21)13(9(2)22)12-10(5-17-19-16)7-24-14(11)12/h3,7-8,11,13,18H,1,4-6H2,2H3.